The number of aryl methyl sites for hydroxylation is 1. The summed E-state index contributed by atoms with van der Waals surface area (Å²) in [6, 6.07) is 6.41. The molecule has 0 spiro atoms. The van der Waals surface area contributed by atoms with Crippen LogP contribution in [0.15, 0.2) is 29.8 Å². The topological polar surface area (TPSA) is 42.0 Å². The molecule has 0 saturated carbocycles. The Hall–Kier alpha value is -1.75. The van der Waals surface area contributed by atoms with Gasteiger partial charge in [-0.1, -0.05) is 25.1 Å². The van der Waals surface area contributed by atoms with E-state index in [1.165, 1.54) is 17.4 Å². The van der Waals surface area contributed by atoms with Crippen molar-refractivity contribution in [3.05, 3.63) is 51.7 Å². The smallest absolute Gasteiger partial charge is 0.263 e. The van der Waals surface area contributed by atoms with Crippen LogP contribution >= 0.6 is 11.3 Å². The first-order valence-corrected chi connectivity index (χ1v) is 6.54. The van der Waals surface area contributed by atoms with E-state index in [9.17, 15) is 9.18 Å². The summed E-state index contributed by atoms with van der Waals surface area (Å²) in [7, 11) is 0. The lowest BCUT2D eigenvalue weighted by atomic mass is 10.2. The summed E-state index contributed by atoms with van der Waals surface area (Å²) in [6.07, 6.45) is 0.714. The molecule has 1 aromatic heterocycles. The average molecular weight is 264 g/mol. The number of aromatic nitrogens is 1. The molecule has 0 unspecified atom stereocenters. The van der Waals surface area contributed by atoms with Gasteiger partial charge in [0.2, 0.25) is 0 Å². The highest BCUT2D eigenvalue weighted by atomic mass is 32.1. The molecule has 2 aromatic rings. The van der Waals surface area contributed by atoms with Crippen LogP contribution in [0.4, 0.5) is 4.39 Å². The summed E-state index contributed by atoms with van der Waals surface area (Å²) in [5.74, 6) is -0.504. The SMILES string of the molecule is CCc1ncsc1C(=O)NCc1ccccc1F. The molecule has 0 aliphatic carbocycles. The summed E-state index contributed by atoms with van der Waals surface area (Å²) in [6.45, 7) is 2.13. The van der Waals surface area contributed by atoms with Crippen LogP contribution < -0.4 is 5.32 Å². The molecule has 18 heavy (non-hydrogen) atoms. The maximum absolute atomic E-state index is 13.4. The summed E-state index contributed by atoms with van der Waals surface area (Å²) in [5, 5.41) is 2.71. The van der Waals surface area contributed by atoms with Crippen LogP contribution in [-0.2, 0) is 13.0 Å². The molecule has 5 heteroatoms. The number of nitrogens with zero attached hydrogens (tertiary/aromatic N) is 1. The van der Waals surface area contributed by atoms with Crippen molar-refractivity contribution in [2.45, 2.75) is 19.9 Å². The van der Waals surface area contributed by atoms with E-state index in [0.717, 1.165) is 5.69 Å². The van der Waals surface area contributed by atoms with Gasteiger partial charge in [-0.25, -0.2) is 9.37 Å². The number of carbonyl (C=O) groups is 1. The van der Waals surface area contributed by atoms with E-state index in [1.54, 1.807) is 23.7 Å². The number of rotatable bonds is 4. The molecule has 0 aliphatic rings. The fraction of sp³-hybridized carbons (Fsp3) is 0.231. The van der Waals surface area contributed by atoms with Gasteiger partial charge in [0.15, 0.2) is 0 Å². The average Bonchev–Trinajstić information content (AvgIpc) is 2.86. The lowest BCUT2D eigenvalue weighted by Gasteiger charge is -2.05. The quantitative estimate of drug-likeness (QED) is 0.922. The zero-order valence-corrected chi connectivity index (χ0v) is 10.8. The standard InChI is InChI=1S/C13H13FN2OS/c1-2-11-12(18-8-16-11)13(17)15-7-9-5-3-4-6-10(9)14/h3-6,8H,2,7H2,1H3,(H,15,17). The summed E-state index contributed by atoms with van der Waals surface area (Å²) < 4.78 is 13.4. The normalized spacial score (nSPS) is 10.3. The Labute approximate surface area is 109 Å². The van der Waals surface area contributed by atoms with E-state index in [4.69, 9.17) is 0 Å². The Morgan fingerprint density at radius 2 is 2.22 bits per heavy atom. The van der Waals surface area contributed by atoms with Crippen molar-refractivity contribution >= 4 is 17.2 Å². The van der Waals surface area contributed by atoms with Crippen LogP contribution in [0.3, 0.4) is 0 Å². The number of benzene rings is 1. The Bertz CT molecular complexity index is 553. The van der Waals surface area contributed by atoms with Gasteiger partial charge in [-0.2, -0.15) is 0 Å². The van der Waals surface area contributed by atoms with Crippen molar-refractivity contribution < 1.29 is 9.18 Å². The minimum Gasteiger partial charge on any atom is -0.347 e. The molecule has 1 heterocycles. The Balaban J connectivity index is 2.03. The fourth-order valence-electron chi connectivity index (χ4n) is 1.60. The highest BCUT2D eigenvalue weighted by Crippen LogP contribution is 2.14. The van der Waals surface area contributed by atoms with Gasteiger partial charge in [-0.15, -0.1) is 11.3 Å². The van der Waals surface area contributed by atoms with Crippen LogP contribution in [0.25, 0.3) is 0 Å². The molecule has 1 amide bonds. The third-order valence-electron chi connectivity index (χ3n) is 2.58. The Kier molecular flexibility index (Phi) is 4.04. The van der Waals surface area contributed by atoms with Gasteiger partial charge in [0.05, 0.1) is 11.2 Å². The van der Waals surface area contributed by atoms with Crippen molar-refractivity contribution in [3.8, 4) is 0 Å². The van der Waals surface area contributed by atoms with Gasteiger partial charge in [0.25, 0.3) is 5.91 Å². The third-order valence-corrected chi connectivity index (χ3v) is 3.45. The molecule has 0 saturated heterocycles. The molecule has 0 bridgehead atoms. The number of amides is 1. The van der Waals surface area contributed by atoms with E-state index in [0.29, 0.717) is 16.9 Å². The molecule has 0 radical (unpaired) electrons. The molecule has 3 nitrogen and oxygen atoms in total. The van der Waals surface area contributed by atoms with Crippen molar-refractivity contribution in [2.75, 3.05) is 0 Å². The van der Waals surface area contributed by atoms with Gasteiger partial charge in [-0.05, 0) is 12.5 Å². The molecule has 1 N–H and O–H groups in total. The molecule has 0 atom stereocenters. The largest absolute Gasteiger partial charge is 0.347 e. The zero-order valence-electron chi connectivity index (χ0n) is 9.94. The van der Waals surface area contributed by atoms with Crippen LogP contribution in [0, 0.1) is 5.82 Å². The van der Waals surface area contributed by atoms with E-state index in [-0.39, 0.29) is 18.3 Å². The number of thiazole rings is 1. The van der Waals surface area contributed by atoms with Gasteiger partial charge in [0, 0.05) is 12.1 Å². The minimum absolute atomic E-state index is 0.187. The monoisotopic (exact) mass is 264 g/mol. The van der Waals surface area contributed by atoms with Crippen molar-refractivity contribution in [3.63, 3.8) is 0 Å². The molecule has 1 aromatic carbocycles. The van der Waals surface area contributed by atoms with Crippen molar-refractivity contribution in [1.82, 2.24) is 10.3 Å². The van der Waals surface area contributed by atoms with Gasteiger partial charge >= 0.3 is 0 Å². The first-order valence-electron chi connectivity index (χ1n) is 5.66. The maximum Gasteiger partial charge on any atom is 0.263 e. The maximum atomic E-state index is 13.4. The number of hydrogen-bond acceptors (Lipinski definition) is 3. The van der Waals surface area contributed by atoms with E-state index in [2.05, 4.69) is 10.3 Å². The predicted octanol–water partition coefficient (Wildman–Crippen LogP) is 2.77. The van der Waals surface area contributed by atoms with Crippen LogP contribution in [0.5, 0.6) is 0 Å². The second-order valence-corrected chi connectivity index (χ2v) is 4.61. The second kappa shape index (κ2) is 5.73. The highest BCUT2D eigenvalue weighted by Gasteiger charge is 2.13. The Morgan fingerprint density at radius 1 is 1.44 bits per heavy atom. The molecule has 94 valence electrons. The summed E-state index contributed by atoms with van der Waals surface area (Å²) in [5.41, 5.74) is 2.91. The van der Waals surface area contributed by atoms with E-state index in [1.807, 2.05) is 6.92 Å². The lowest BCUT2D eigenvalue weighted by molar-refractivity contribution is 0.0953. The van der Waals surface area contributed by atoms with Crippen LogP contribution in [0.2, 0.25) is 0 Å². The van der Waals surface area contributed by atoms with Crippen molar-refractivity contribution in [2.24, 2.45) is 0 Å². The number of hydrogen-bond donors (Lipinski definition) is 1. The number of halogens is 1. The zero-order chi connectivity index (χ0) is 13.0. The van der Waals surface area contributed by atoms with Crippen molar-refractivity contribution in [1.29, 1.82) is 0 Å². The predicted molar refractivity (Wildman–Crippen MR) is 69.1 cm³/mol. The Morgan fingerprint density at radius 3 is 2.94 bits per heavy atom. The number of carbonyl (C=O) groups excluding carboxylic acids is 1. The van der Waals surface area contributed by atoms with E-state index >= 15 is 0 Å². The molecule has 2 rings (SSSR count). The van der Waals surface area contributed by atoms with E-state index < -0.39 is 0 Å². The second-order valence-electron chi connectivity index (χ2n) is 3.76. The molecule has 0 fully saturated rings. The lowest BCUT2D eigenvalue weighted by Crippen LogP contribution is -2.23. The fourth-order valence-corrected chi connectivity index (χ4v) is 2.40. The first kappa shape index (κ1) is 12.7. The van der Waals surface area contributed by atoms with Gasteiger partial charge in [-0.3, -0.25) is 4.79 Å². The third kappa shape index (κ3) is 2.73. The van der Waals surface area contributed by atoms with Crippen LogP contribution in [-0.4, -0.2) is 10.9 Å². The number of nitrogens with one attached hydrogen (secondary N) is 1. The van der Waals surface area contributed by atoms with Gasteiger partial charge in [0.1, 0.15) is 10.7 Å². The minimum atomic E-state index is -0.308. The molecule has 0 aliphatic heterocycles. The summed E-state index contributed by atoms with van der Waals surface area (Å²) >= 11 is 1.30. The van der Waals surface area contributed by atoms with Gasteiger partial charge < -0.3 is 5.32 Å². The van der Waals surface area contributed by atoms with Crippen LogP contribution in [0.1, 0.15) is 27.9 Å². The summed E-state index contributed by atoms with van der Waals surface area (Å²) in [4.78, 5) is 16.6. The molecular weight excluding hydrogens is 251 g/mol. The molecular formula is C13H13FN2OS. The highest BCUT2D eigenvalue weighted by molar-refractivity contribution is 7.11. The first-order chi connectivity index (χ1) is 8.72.